The van der Waals surface area contributed by atoms with Gasteiger partial charge in [-0.25, -0.2) is 0 Å². The predicted octanol–water partition coefficient (Wildman–Crippen LogP) is 4.42. The van der Waals surface area contributed by atoms with Crippen LogP contribution in [0.15, 0.2) is 45.6 Å². The Labute approximate surface area is 118 Å². The molecular weight excluding hydrogens is 312 g/mol. The van der Waals surface area contributed by atoms with Crippen molar-refractivity contribution in [2.45, 2.75) is 0 Å². The SMILES string of the molecule is COc1cccc(C(=O)/C=C/c2csc(Br)c2)c1. The second-order valence-corrected chi connectivity index (χ2v) is 5.90. The third kappa shape index (κ3) is 3.31. The monoisotopic (exact) mass is 322 g/mol. The molecule has 0 saturated carbocycles. The zero-order valence-corrected chi connectivity index (χ0v) is 12.1. The predicted molar refractivity (Wildman–Crippen MR) is 78.4 cm³/mol. The van der Waals surface area contributed by atoms with E-state index in [0.29, 0.717) is 11.3 Å². The van der Waals surface area contributed by atoms with Gasteiger partial charge in [-0.05, 0) is 51.1 Å². The van der Waals surface area contributed by atoms with Gasteiger partial charge in [-0.15, -0.1) is 11.3 Å². The molecule has 1 aromatic heterocycles. The maximum atomic E-state index is 11.9. The minimum atomic E-state index is -0.0313. The van der Waals surface area contributed by atoms with E-state index in [9.17, 15) is 4.79 Å². The Bertz CT molecular complexity index is 587. The van der Waals surface area contributed by atoms with Gasteiger partial charge in [-0.2, -0.15) is 0 Å². The smallest absolute Gasteiger partial charge is 0.185 e. The van der Waals surface area contributed by atoms with Crippen molar-refractivity contribution in [3.8, 4) is 5.75 Å². The maximum Gasteiger partial charge on any atom is 0.185 e. The molecule has 0 amide bonds. The number of carbonyl (C=O) groups is 1. The van der Waals surface area contributed by atoms with Crippen LogP contribution in [-0.4, -0.2) is 12.9 Å². The van der Waals surface area contributed by atoms with E-state index in [1.54, 1.807) is 42.7 Å². The lowest BCUT2D eigenvalue weighted by molar-refractivity contribution is 0.104. The molecule has 0 fully saturated rings. The van der Waals surface area contributed by atoms with Gasteiger partial charge >= 0.3 is 0 Å². The van der Waals surface area contributed by atoms with Crippen molar-refractivity contribution in [2.24, 2.45) is 0 Å². The molecule has 0 aliphatic heterocycles. The Kier molecular flexibility index (Phi) is 4.33. The van der Waals surface area contributed by atoms with E-state index in [1.807, 2.05) is 23.6 Å². The fourth-order valence-electron chi connectivity index (χ4n) is 1.46. The molecule has 1 heterocycles. The molecule has 2 aromatic rings. The van der Waals surface area contributed by atoms with Crippen molar-refractivity contribution < 1.29 is 9.53 Å². The van der Waals surface area contributed by atoms with Gasteiger partial charge in [0.15, 0.2) is 5.78 Å². The van der Waals surface area contributed by atoms with Gasteiger partial charge in [0, 0.05) is 5.56 Å². The van der Waals surface area contributed by atoms with Crippen LogP contribution < -0.4 is 4.74 Å². The molecule has 0 saturated heterocycles. The van der Waals surface area contributed by atoms with Crippen LogP contribution in [0.1, 0.15) is 15.9 Å². The normalized spacial score (nSPS) is 10.8. The first-order chi connectivity index (χ1) is 8.69. The lowest BCUT2D eigenvalue weighted by Gasteiger charge is -2.00. The van der Waals surface area contributed by atoms with Gasteiger partial charge in [0.05, 0.1) is 10.9 Å². The summed E-state index contributed by atoms with van der Waals surface area (Å²) < 4.78 is 6.14. The second kappa shape index (κ2) is 5.98. The van der Waals surface area contributed by atoms with E-state index in [1.165, 1.54) is 0 Å². The van der Waals surface area contributed by atoms with Crippen molar-refractivity contribution in [1.29, 1.82) is 0 Å². The average molecular weight is 323 g/mol. The first kappa shape index (κ1) is 13.1. The van der Waals surface area contributed by atoms with Crippen molar-refractivity contribution in [2.75, 3.05) is 7.11 Å². The van der Waals surface area contributed by atoms with Gasteiger partial charge in [0.25, 0.3) is 0 Å². The number of halogens is 1. The van der Waals surface area contributed by atoms with E-state index in [4.69, 9.17) is 4.74 Å². The first-order valence-corrected chi connectivity index (χ1v) is 6.97. The van der Waals surface area contributed by atoms with Crippen molar-refractivity contribution in [3.63, 3.8) is 0 Å². The van der Waals surface area contributed by atoms with Gasteiger partial charge < -0.3 is 4.74 Å². The summed E-state index contributed by atoms with van der Waals surface area (Å²) in [6, 6.07) is 9.10. The number of methoxy groups -OCH3 is 1. The Morgan fingerprint density at radius 2 is 2.22 bits per heavy atom. The number of thiophene rings is 1. The average Bonchev–Trinajstić information content (AvgIpc) is 2.82. The van der Waals surface area contributed by atoms with Gasteiger partial charge in [0.2, 0.25) is 0 Å². The molecule has 0 bridgehead atoms. The van der Waals surface area contributed by atoms with Crippen LogP contribution >= 0.6 is 27.3 Å². The summed E-state index contributed by atoms with van der Waals surface area (Å²) in [7, 11) is 1.59. The highest BCUT2D eigenvalue weighted by Gasteiger charge is 2.03. The highest BCUT2D eigenvalue weighted by atomic mass is 79.9. The highest BCUT2D eigenvalue weighted by Crippen LogP contribution is 2.21. The molecule has 0 N–H and O–H groups in total. The Hall–Kier alpha value is -1.39. The number of ketones is 1. The standard InChI is InChI=1S/C14H11BrO2S/c1-17-12-4-2-3-11(8-12)13(16)6-5-10-7-14(15)18-9-10/h2-9H,1H3/b6-5+. The van der Waals surface area contributed by atoms with Gasteiger partial charge in [-0.3, -0.25) is 4.79 Å². The summed E-state index contributed by atoms with van der Waals surface area (Å²) in [5, 5.41) is 1.99. The summed E-state index contributed by atoms with van der Waals surface area (Å²) in [5.41, 5.74) is 1.64. The van der Waals surface area contributed by atoms with Gasteiger partial charge in [-0.1, -0.05) is 18.2 Å². The van der Waals surface area contributed by atoms with E-state index in [0.717, 1.165) is 9.35 Å². The topological polar surface area (TPSA) is 26.3 Å². The minimum absolute atomic E-state index is 0.0313. The van der Waals surface area contributed by atoms with Crippen LogP contribution in [-0.2, 0) is 0 Å². The van der Waals surface area contributed by atoms with Crippen molar-refractivity contribution in [1.82, 2.24) is 0 Å². The zero-order valence-electron chi connectivity index (χ0n) is 9.72. The van der Waals surface area contributed by atoms with E-state index in [-0.39, 0.29) is 5.78 Å². The Morgan fingerprint density at radius 1 is 1.39 bits per heavy atom. The fourth-order valence-corrected chi connectivity index (χ4v) is 2.60. The molecule has 18 heavy (non-hydrogen) atoms. The number of rotatable bonds is 4. The summed E-state index contributed by atoms with van der Waals surface area (Å²) in [6.45, 7) is 0. The molecule has 0 aliphatic carbocycles. The summed E-state index contributed by atoms with van der Waals surface area (Å²) in [6.07, 6.45) is 3.38. The molecule has 2 rings (SSSR count). The van der Waals surface area contributed by atoms with E-state index < -0.39 is 0 Å². The molecule has 1 aromatic carbocycles. The fraction of sp³-hybridized carbons (Fsp3) is 0.0714. The zero-order chi connectivity index (χ0) is 13.0. The van der Waals surface area contributed by atoms with Crippen LogP contribution in [0.5, 0.6) is 5.75 Å². The quantitative estimate of drug-likeness (QED) is 0.615. The highest BCUT2D eigenvalue weighted by molar-refractivity contribution is 9.11. The number of benzene rings is 1. The Morgan fingerprint density at radius 3 is 2.89 bits per heavy atom. The van der Waals surface area contributed by atoms with Crippen LogP contribution in [0.25, 0.3) is 6.08 Å². The molecule has 0 radical (unpaired) electrons. The lowest BCUT2D eigenvalue weighted by Crippen LogP contribution is -1.94. The number of hydrogen-bond acceptors (Lipinski definition) is 3. The van der Waals surface area contributed by atoms with Gasteiger partial charge in [0.1, 0.15) is 5.75 Å². The molecule has 0 aliphatic rings. The first-order valence-electron chi connectivity index (χ1n) is 5.29. The molecular formula is C14H11BrO2S. The molecule has 92 valence electrons. The molecule has 2 nitrogen and oxygen atoms in total. The summed E-state index contributed by atoms with van der Waals surface area (Å²) in [5.74, 6) is 0.656. The van der Waals surface area contributed by atoms with Crippen LogP contribution in [0.3, 0.4) is 0 Å². The third-order valence-electron chi connectivity index (χ3n) is 2.37. The molecule has 0 spiro atoms. The number of ether oxygens (including phenoxy) is 1. The number of allylic oxidation sites excluding steroid dienone is 1. The number of hydrogen-bond donors (Lipinski definition) is 0. The van der Waals surface area contributed by atoms with Crippen LogP contribution in [0.2, 0.25) is 0 Å². The lowest BCUT2D eigenvalue weighted by atomic mass is 10.1. The van der Waals surface area contributed by atoms with Crippen molar-refractivity contribution in [3.05, 3.63) is 56.7 Å². The second-order valence-electron chi connectivity index (χ2n) is 3.61. The minimum Gasteiger partial charge on any atom is -0.497 e. The molecule has 0 atom stereocenters. The number of carbonyl (C=O) groups excluding carboxylic acids is 1. The van der Waals surface area contributed by atoms with E-state index >= 15 is 0 Å². The third-order valence-corrected chi connectivity index (χ3v) is 3.89. The van der Waals surface area contributed by atoms with Crippen LogP contribution in [0, 0.1) is 0 Å². The molecule has 4 heteroatoms. The largest absolute Gasteiger partial charge is 0.497 e. The summed E-state index contributed by atoms with van der Waals surface area (Å²) in [4.78, 5) is 11.9. The maximum absolute atomic E-state index is 11.9. The van der Waals surface area contributed by atoms with E-state index in [2.05, 4.69) is 15.9 Å². The van der Waals surface area contributed by atoms with Crippen LogP contribution in [0.4, 0.5) is 0 Å². The Balaban J connectivity index is 2.14. The summed E-state index contributed by atoms with van der Waals surface area (Å²) >= 11 is 4.98. The molecule has 0 unspecified atom stereocenters. The van der Waals surface area contributed by atoms with Crippen molar-refractivity contribution >= 4 is 39.1 Å².